The Bertz CT molecular complexity index is 509. The van der Waals surface area contributed by atoms with Gasteiger partial charge in [-0.05, 0) is 21.9 Å². The van der Waals surface area contributed by atoms with Crippen LogP contribution < -0.4 is 0 Å². The average Bonchev–Trinajstić information content (AvgIpc) is 2.41. The van der Waals surface area contributed by atoms with E-state index < -0.39 is 0 Å². The third-order valence-electron chi connectivity index (χ3n) is 2.80. The average molecular weight is 312 g/mol. The SMILES string of the molecule is BrC1(Br)Cc2cccc3cccc1c23. The van der Waals surface area contributed by atoms with Gasteiger partial charge in [-0.15, -0.1) is 0 Å². The van der Waals surface area contributed by atoms with Crippen molar-refractivity contribution >= 4 is 42.6 Å². The molecule has 0 aliphatic heterocycles. The molecular formula is C12H8Br2. The zero-order chi connectivity index (χ0) is 9.76. The number of hydrogen-bond acceptors (Lipinski definition) is 0. The van der Waals surface area contributed by atoms with Gasteiger partial charge in [0.1, 0.15) is 3.23 Å². The van der Waals surface area contributed by atoms with Gasteiger partial charge < -0.3 is 0 Å². The quantitative estimate of drug-likeness (QED) is 0.635. The molecule has 0 N–H and O–H groups in total. The maximum Gasteiger partial charge on any atom is 0.110 e. The summed E-state index contributed by atoms with van der Waals surface area (Å²) in [7, 11) is 0. The molecule has 0 bridgehead atoms. The van der Waals surface area contributed by atoms with Crippen molar-refractivity contribution in [3.8, 4) is 0 Å². The molecule has 0 aromatic heterocycles. The van der Waals surface area contributed by atoms with Gasteiger partial charge in [-0.3, -0.25) is 0 Å². The van der Waals surface area contributed by atoms with Gasteiger partial charge >= 0.3 is 0 Å². The van der Waals surface area contributed by atoms with Crippen molar-refractivity contribution in [2.75, 3.05) is 0 Å². The van der Waals surface area contributed by atoms with E-state index >= 15 is 0 Å². The summed E-state index contributed by atoms with van der Waals surface area (Å²) in [5, 5.41) is 2.74. The van der Waals surface area contributed by atoms with Crippen molar-refractivity contribution < 1.29 is 0 Å². The Morgan fingerprint density at radius 2 is 1.71 bits per heavy atom. The first-order valence-corrected chi connectivity index (χ1v) is 6.16. The molecule has 0 nitrogen and oxygen atoms in total. The summed E-state index contributed by atoms with van der Waals surface area (Å²) in [4.78, 5) is 0. The molecule has 14 heavy (non-hydrogen) atoms. The highest BCUT2D eigenvalue weighted by atomic mass is 79.9. The molecule has 70 valence electrons. The van der Waals surface area contributed by atoms with Crippen molar-refractivity contribution in [1.29, 1.82) is 0 Å². The molecule has 1 aliphatic rings. The summed E-state index contributed by atoms with van der Waals surface area (Å²) < 4.78 is -0.0524. The van der Waals surface area contributed by atoms with Crippen LogP contribution in [-0.4, -0.2) is 0 Å². The van der Waals surface area contributed by atoms with Gasteiger partial charge in [0.15, 0.2) is 0 Å². The van der Waals surface area contributed by atoms with Crippen molar-refractivity contribution in [1.82, 2.24) is 0 Å². The second-order valence-corrected chi connectivity index (χ2v) is 7.47. The molecule has 0 amide bonds. The lowest BCUT2D eigenvalue weighted by Gasteiger charge is -2.13. The lowest BCUT2D eigenvalue weighted by molar-refractivity contribution is 0.956. The Labute approximate surface area is 99.6 Å². The van der Waals surface area contributed by atoms with Crippen molar-refractivity contribution in [3.05, 3.63) is 47.5 Å². The molecule has 0 atom stereocenters. The highest BCUT2D eigenvalue weighted by Crippen LogP contribution is 2.50. The lowest BCUT2D eigenvalue weighted by Crippen LogP contribution is -2.05. The summed E-state index contributed by atoms with van der Waals surface area (Å²) in [5.74, 6) is 0. The molecule has 0 heterocycles. The van der Waals surface area contributed by atoms with Gasteiger partial charge in [0.2, 0.25) is 0 Å². The molecule has 1 aliphatic carbocycles. The molecule has 2 aromatic rings. The number of halogens is 2. The van der Waals surface area contributed by atoms with Crippen LogP contribution in [-0.2, 0) is 9.65 Å². The van der Waals surface area contributed by atoms with Crippen LogP contribution in [0.2, 0.25) is 0 Å². The van der Waals surface area contributed by atoms with Gasteiger partial charge in [-0.1, -0.05) is 68.3 Å². The van der Waals surface area contributed by atoms with E-state index in [1.807, 2.05) is 0 Å². The predicted molar refractivity (Wildman–Crippen MR) is 67.2 cm³/mol. The number of alkyl halides is 2. The lowest BCUT2D eigenvalue weighted by atomic mass is 10.1. The third-order valence-corrected chi connectivity index (χ3v) is 4.21. The Morgan fingerprint density at radius 1 is 1.00 bits per heavy atom. The zero-order valence-corrected chi connectivity index (χ0v) is 10.6. The summed E-state index contributed by atoms with van der Waals surface area (Å²) in [6.07, 6.45) is 1.02. The van der Waals surface area contributed by atoms with E-state index in [2.05, 4.69) is 68.3 Å². The Balaban J connectivity index is 2.50. The topological polar surface area (TPSA) is 0 Å². The first-order valence-electron chi connectivity index (χ1n) is 4.57. The number of hydrogen-bond donors (Lipinski definition) is 0. The summed E-state index contributed by atoms with van der Waals surface area (Å²) in [6, 6.07) is 13.0. The minimum atomic E-state index is -0.0524. The van der Waals surface area contributed by atoms with Crippen molar-refractivity contribution in [2.45, 2.75) is 9.65 Å². The fourth-order valence-corrected chi connectivity index (χ4v) is 3.47. The largest absolute Gasteiger partial charge is 0.110 e. The summed E-state index contributed by atoms with van der Waals surface area (Å²) >= 11 is 7.46. The van der Waals surface area contributed by atoms with Crippen LogP contribution >= 0.6 is 31.9 Å². The highest BCUT2D eigenvalue weighted by Gasteiger charge is 2.34. The van der Waals surface area contributed by atoms with Crippen LogP contribution in [0.5, 0.6) is 0 Å². The molecule has 2 aromatic carbocycles. The molecule has 0 spiro atoms. The Morgan fingerprint density at radius 3 is 2.50 bits per heavy atom. The number of benzene rings is 2. The molecule has 2 heteroatoms. The normalized spacial score (nSPS) is 17.6. The second-order valence-electron chi connectivity index (χ2n) is 3.70. The van der Waals surface area contributed by atoms with Crippen LogP contribution in [0, 0.1) is 0 Å². The fraction of sp³-hybridized carbons (Fsp3) is 0.167. The Kier molecular flexibility index (Phi) is 1.80. The number of rotatable bonds is 0. The molecule has 3 rings (SSSR count). The smallest absolute Gasteiger partial charge is 0.0670 e. The molecule has 0 saturated carbocycles. The molecular weight excluding hydrogens is 304 g/mol. The maximum absolute atomic E-state index is 3.73. The van der Waals surface area contributed by atoms with Gasteiger partial charge in [-0.25, -0.2) is 0 Å². The molecule has 0 unspecified atom stereocenters. The van der Waals surface area contributed by atoms with Crippen molar-refractivity contribution in [3.63, 3.8) is 0 Å². The minimum absolute atomic E-state index is 0.0524. The van der Waals surface area contributed by atoms with E-state index in [0.29, 0.717) is 0 Å². The standard InChI is InChI=1S/C12H8Br2/c13-12(14)7-9-5-1-3-8-4-2-6-10(12)11(8)9/h1-6H,7H2. The van der Waals surface area contributed by atoms with E-state index in [0.717, 1.165) is 6.42 Å². The maximum atomic E-state index is 3.73. The van der Waals surface area contributed by atoms with Crippen LogP contribution in [0.1, 0.15) is 11.1 Å². The van der Waals surface area contributed by atoms with Crippen LogP contribution in [0.25, 0.3) is 10.8 Å². The van der Waals surface area contributed by atoms with Crippen LogP contribution in [0.15, 0.2) is 36.4 Å². The van der Waals surface area contributed by atoms with Crippen LogP contribution in [0.4, 0.5) is 0 Å². The fourth-order valence-electron chi connectivity index (χ4n) is 2.21. The van der Waals surface area contributed by atoms with E-state index in [-0.39, 0.29) is 3.23 Å². The van der Waals surface area contributed by atoms with Crippen molar-refractivity contribution in [2.24, 2.45) is 0 Å². The molecule has 0 radical (unpaired) electrons. The van der Waals surface area contributed by atoms with E-state index in [4.69, 9.17) is 0 Å². The predicted octanol–water partition coefficient (Wildman–Crippen LogP) is 4.34. The third kappa shape index (κ3) is 1.10. The summed E-state index contributed by atoms with van der Waals surface area (Å²) in [6.45, 7) is 0. The zero-order valence-electron chi connectivity index (χ0n) is 7.43. The van der Waals surface area contributed by atoms with Gasteiger partial charge in [0, 0.05) is 6.42 Å². The molecule has 0 saturated heterocycles. The van der Waals surface area contributed by atoms with E-state index in [9.17, 15) is 0 Å². The second kappa shape index (κ2) is 2.83. The van der Waals surface area contributed by atoms with Gasteiger partial charge in [0.25, 0.3) is 0 Å². The Hall–Kier alpha value is -0.340. The first kappa shape index (κ1) is 8.93. The molecule has 0 fully saturated rings. The van der Waals surface area contributed by atoms with Gasteiger partial charge in [0.05, 0.1) is 0 Å². The van der Waals surface area contributed by atoms with Gasteiger partial charge in [-0.2, -0.15) is 0 Å². The minimum Gasteiger partial charge on any atom is -0.0670 e. The monoisotopic (exact) mass is 310 g/mol. The van der Waals surface area contributed by atoms with Crippen LogP contribution in [0.3, 0.4) is 0 Å². The van der Waals surface area contributed by atoms with E-state index in [1.165, 1.54) is 21.9 Å². The summed E-state index contributed by atoms with van der Waals surface area (Å²) in [5.41, 5.74) is 2.78. The first-order chi connectivity index (χ1) is 6.68. The van der Waals surface area contributed by atoms with E-state index in [1.54, 1.807) is 0 Å². The highest BCUT2D eigenvalue weighted by molar-refractivity contribution is 9.24.